The Balaban J connectivity index is 1.99. The first kappa shape index (κ1) is 13.0. The Morgan fingerprint density at radius 3 is 2.72 bits per heavy atom. The summed E-state index contributed by atoms with van der Waals surface area (Å²) in [7, 11) is 0. The molecule has 1 aromatic carbocycles. The molecule has 94 valence electrons. The van der Waals surface area contributed by atoms with Gasteiger partial charge in [-0.2, -0.15) is 0 Å². The number of hydrogen-bond donors (Lipinski definition) is 1. The highest BCUT2D eigenvalue weighted by molar-refractivity contribution is 6.30. The molecule has 1 N–H and O–H groups in total. The molecule has 0 bridgehead atoms. The smallest absolute Gasteiger partial charge is 0.142 e. The normalized spacial score (nSPS) is 12.4. The number of aliphatic hydroxyl groups is 1. The summed E-state index contributed by atoms with van der Waals surface area (Å²) in [6.07, 6.45) is 1.93. The highest BCUT2D eigenvalue weighted by Gasteiger charge is 2.09. The monoisotopic (exact) mass is 265 g/mol. The molecule has 0 aliphatic carbocycles. The summed E-state index contributed by atoms with van der Waals surface area (Å²) < 4.78 is 13.2. The quantitative estimate of drug-likeness (QED) is 0.922. The van der Waals surface area contributed by atoms with Gasteiger partial charge in [0.1, 0.15) is 5.82 Å². The van der Waals surface area contributed by atoms with Gasteiger partial charge in [-0.3, -0.25) is 4.98 Å². The fraction of sp³-hybridized carbons (Fsp3) is 0.214. The molecular formula is C14H13ClFNO. The van der Waals surface area contributed by atoms with Gasteiger partial charge >= 0.3 is 0 Å². The predicted octanol–water partition coefficient (Wildman–Crippen LogP) is 3.02. The first-order valence-corrected chi connectivity index (χ1v) is 6.05. The van der Waals surface area contributed by atoms with Gasteiger partial charge in [0.15, 0.2) is 0 Å². The molecule has 0 amide bonds. The standard InChI is InChI=1S/C14H13ClFNO/c15-13-5-4-10(8-14(13)16)7-12(18)9-11-3-1-2-6-17-11/h1-6,8,12,18H,7,9H2. The molecule has 0 radical (unpaired) electrons. The molecule has 0 aliphatic heterocycles. The van der Waals surface area contributed by atoms with E-state index in [-0.39, 0.29) is 5.02 Å². The molecule has 0 spiro atoms. The molecule has 0 aliphatic rings. The summed E-state index contributed by atoms with van der Waals surface area (Å²) in [6, 6.07) is 10.1. The molecule has 2 nitrogen and oxygen atoms in total. The Hall–Kier alpha value is -1.45. The van der Waals surface area contributed by atoms with Crippen molar-refractivity contribution in [3.63, 3.8) is 0 Å². The van der Waals surface area contributed by atoms with E-state index < -0.39 is 11.9 Å². The van der Waals surface area contributed by atoms with Crippen molar-refractivity contribution in [3.05, 3.63) is 64.7 Å². The van der Waals surface area contributed by atoms with E-state index in [4.69, 9.17) is 11.6 Å². The molecule has 1 atom stereocenters. The molecule has 18 heavy (non-hydrogen) atoms. The van der Waals surface area contributed by atoms with E-state index in [1.165, 1.54) is 12.1 Å². The summed E-state index contributed by atoms with van der Waals surface area (Å²) in [6.45, 7) is 0. The third-order valence-electron chi connectivity index (χ3n) is 2.63. The maximum absolute atomic E-state index is 13.2. The average Bonchev–Trinajstić information content (AvgIpc) is 2.35. The van der Waals surface area contributed by atoms with Gasteiger partial charge < -0.3 is 5.11 Å². The number of nitrogens with zero attached hydrogens (tertiary/aromatic N) is 1. The van der Waals surface area contributed by atoms with E-state index in [0.717, 1.165) is 11.3 Å². The highest BCUT2D eigenvalue weighted by Crippen LogP contribution is 2.17. The summed E-state index contributed by atoms with van der Waals surface area (Å²) in [5, 5.41) is 10.0. The van der Waals surface area contributed by atoms with Crippen molar-refractivity contribution in [2.75, 3.05) is 0 Å². The van der Waals surface area contributed by atoms with E-state index in [2.05, 4.69) is 4.98 Å². The van der Waals surface area contributed by atoms with Crippen molar-refractivity contribution in [1.29, 1.82) is 0 Å². The van der Waals surface area contributed by atoms with Crippen LogP contribution in [0, 0.1) is 5.82 Å². The van der Waals surface area contributed by atoms with Crippen molar-refractivity contribution >= 4 is 11.6 Å². The topological polar surface area (TPSA) is 33.1 Å². The lowest BCUT2D eigenvalue weighted by Crippen LogP contribution is -2.14. The lowest BCUT2D eigenvalue weighted by Gasteiger charge is -2.10. The van der Waals surface area contributed by atoms with Crippen molar-refractivity contribution in [1.82, 2.24) is 4.98 Å². The van der Waals surface area contributed by atoms with E-state index >= 15 is 0 Å². The van der Waals surface area contributed by atoms with Crippen LogP contribution in [0.15, 0.2) is 42.6 Å². The summed E-state index contributed by atoms with van der Waals surface area (Å²) >= 11 is 5.60. The van der Waals surface area contributed by atoms with Gasteiger partial charge in [-0.25, -0.2) is 4.39 Å². The van der Waals surface area contributed by atoms with Crippen LogP contribution in [0.25, 0.3) is 0 Å². The van der Waals surface area contributed by atoms with E-state index in [1.54, 1.807) is 12.3 Å². The lowest BCUT2D eigenvalue weighted by atomic mass is 10.0. The van der Waals surface area contributed by atoms with Gasteiger partial charge in [0.2, 0.25) is 0 Å². The molecular weight excluding hydrogens is 253 g/mol. The molecule has 1 aromatic heterocycles. The van der Waals surface area contributed by atoms with Gasteiger partial charge in [0.25, 0.3) is 0 Å². The highest BCUT2D eigenvalue weighted by atomic mass is 35.5. The van der Waals surface area contributed by atoms with Crippen molar-refractivity contribution in [2.45, 2.75) is 18.9 Å². The average molecular weight is 266 g/mol. The minimum atomic E-state index is -0.583. The zero-order valence-corrected chi connectivity index (χ0v) is 10.4. The number of halogens is 2. The number of rotatable bonds is 4. The van der Waals surface area contributed by atoms with E-state index in [9.17, 15) is 9.50 Å². The van der Waals surface area contributed by atoms with Gasteiger partial charge in [-0.05, 0) is 36.2 Å². The Bertz CT molecular complexity index is 518. The summed E-state index contributed by atoms with van der Waals surface area (Å²) in [5.74, 6) is -0.459. The number of aromatic nitrogens is 1. The van der Waals surface area contributed by atoms with Gasteiger partial charge in [0, 0.05) is 18.3 Å². The molecule has 1 heterocycles. The van der Waals surface area contributed by atoms with Gasteiger partial charge in [0.05, 0.1) is 11.1 Å². The Labute approximate surface area is 110 Å². The van der Waals surface area contributed by atoms with Crippen molar-refractivity contribution < 1.29 is 9.50 Å². The Kier molecular flexibility index (Phi) is 4.28. The van der Waals surface area contributed by atoms with Crippen LogP contribution in [-0.4, -0.2) is 16.2 Å². The first-order valence-electron chi connectivity index (χ1n) is 5.67. The van der Waals surface area contributed by atoms with Gasteiger partial charge in [-0.15, -0.1) is 0 Å². The second kappa shape index (κ2) is 5.94. The molecule has 0 fully saturated rings. The number of aliphatic hydroxyl groups excluding tert-OH is 1. The van der Waals surface area contributed by atoms with Crippen molar-refractivity contribution in [3.8, 4) is 0 Å². The van der Waals surface area contributed by atoms with E-state index in [0.29, 0.717) is 12.8 Å². The maximum atomic E-state index is 13.2. The second-order valence-electron chi connectivity index (χ2n) is 4.13. The van der Waals surface area contributed by atoms with Crippen LogP contribution in [0.2, 0.25) is 5.02 Å². The van der Waals surface area contributed by atoms with Crippen LogP contribution >= 0.6 is 11.6 Å². The molecule has 1 unspecified atom stereocenters. The SMILES string of the molecule is OC(Cc1ccc(Cl)c(F)c1)Cc1ccccn1. The minimum absolute atomic E-state index is 0.0953. The largest absolute Gasteiger partial charge is 0.392 e. The third kappa shape index (κ3) is 3.52. The fourth-order valence-electron chi connectivity index (χ4n) is 1.77. The predicted molar refractivity (Wildman–Crippen MR) is 69.1 cm³/mol. The van der Waals surface area contributed by atoms with Crippen LogP contribution in [0.5, 0.6) is 0 Å². The minimum Gasteiger partial charge on any atom is -0.392 e. The summed E-state index contributed by atoms with van der Waals surface area (Å²) in [4.78, 5) is 4.14. The maximum Gasteiger partial charge on any atom is 0.142 e. The van der Waals surface area contributed by atoms with Crippen LogP contribution in [0.4, 0.5) is 4.39 Å². The number of benzene rings is 1. The molecule has 0 saturated carbocycles. The van der Waals surface area contributed by atoms with Crippen LogP contribution in [0.1, 0.15) is 11.3 Å². The fourth-order valence-corrected chi connectivity index (χ4v) is 1.89. The number of pyridine rings is 1. The molecule has 2 aromatic rings. The lowest BCUT2D eigenvalue weighted by molar-refractivity contribution is 0.174. The van der Waals surface area contributed by atoms with Crippen LogP contribution in [-0.2, 0) is 12.8 Å². The Morgan fingerprint density at radius 2 is 2.06 bits per heavy atom. The molecule has 0 saturated heterocycles. The second-order valence-corrected chi connectivity index (χ2v) is 4.54. The zero-order chi connectivity index (χ0) is 13.0. The van der Waals surface area contributed by atoms with Crippen molar-refractivity contribution in [2.24, 2.45) is 0 Å². The van der Waals surface area contributed by atoms with Gasteiger partial charge in [-0.1, -0.05) is 23.7 Å². The van der Waals surface area contributed by atoms with E-state index in [1.807, 2.05) is 18.2 Å². The number of hydrogen-bond acceptors (Lipinski definition) is 2. The first-order chi connectivity index (χ1) is 8.65. The van der Waals surface area contributed by atoms with Crippen LogP contribution < -0.4 is 0 Å². The molecule has 4 heteroatoms. The zero-order valence-electron chi connectivity index (χ0n) is 9.68. The third-order valence-corrected chi connectivity index (χ3v) is 2.93. The van der Waals surface area contributed by atoms with Crippen LogP contribution in [0.3, 0.4) is 0 Å². The Morgan fingerprint density at radius 1 is 1.22 bits per heavy atom. The summed E-state index contributed by atoms with van der Waals surface area (Å²) in [5.41, 5.74) is 1.54. The molecule has 2 rings (SSSR count).